The van der Waals surface area contributed by atoms with Crippen LogP contribution in [-0.2, 0) is 11.3 Å². The topological polar surface area (TPSA) is 50.8 Å². The number of hydrogen-bond acceptors (Lipinski definition) is 4. The van der Waals surface area contributed by atoms with E-state index < -0.39 is 6.61 Å². The number of ether oxygens (including phenoxy) is 2. The van der Waals surface area contributed by atoms with Crippen molar-refractivity contribution in [3.05, 3.63) is 23.8 Å². The molecule has 0 aromatic heterocycles. The second-order valence-electron chi connectivity index (χ2n) is 7.63. The number of nitrogens with zero attached hydrogens (tertiary/aromatic N) is 1. The van der Waals surface area contributed by atoms with Gasteiger partial charge in [0.2, 0.25) is 5.91 Å². The van der Waals surface area contributed by atoms with E-state index in [1.165, 1.54) is 25.3 Å². The van der Waals surface area contributed by atoms with Gasteiger partial charge in [0.15, 0.2) is 11.5 Å². The highest BCUT2D eigenvalue weighted by Gasteiger charge is 2.31. The number of rotatable bonds is 10. The van der Waals surface area contributed by atoms with E-state index in [1.54, 1.807) is 19.1 Å². The van der Waals surface area contributed by atoms with Gasteiger partial charge >= 0.3 is 6.61 Å². The Morgan fingerprint density at radius 1 is 1.18 bits per heavy atom. The second kappa shape index (κ2) is 10.0. The summed E-state index contributed by atoms with van der Waals surface area (Å²) in [6.45, 7) is 0.207. The largest absolute Gasteiger partial charge is 0.490 e. The summed E-state index contributed by atoms with van der Waals surface area (Å²) < 4.78 is 35.1. The summed E-state index contributed by atoms with van der Waals surface area (Å²) in [5.74, 6) is 0.415. The summed E-state index contributed by atoms with van der Waals surface area (Å²) in [6, 6.07) is 5.71. The van der Waals surface area contributed by atoms with Crippen molar-refractivity contribution in [3.8, 4) is 11.5 Å². The molecule has 0 saturated heterocycles. The molecule has 1 aromatic rings. The molecule has 2 saturated carbocycles. The summed E-state index contributed by atoms with van der Waals surface area (Å²) in [5, 5.41) is 3.17. The minimum absolute atomic E-state index is 0.0358. The molecule has 0 unspecified atom stereocenters. The third-order valence-electron chi connectivity index (χ3n) is 5.29. The summed E-state index contributed by atoms with van der Waals surface area (Å²) in [7, 11) is 0. The second-order valence-corrected chi connectivity index (χ2v) is 7.63. The minimum atomic E-state index is -2.89. The van der Waals surface area contributed by atoms with E-state index >= 15 is 0 Å². The molecule has 156 valence electrons. The van der Waals surface area contributed by atoms with Gasteiger partial charge in [-0.3, -0.25) is 9.69 Å². The van der Waals surface area contributed by atoms with E-state index in [2.05, 4.69) is 15.0 Å². The van der Waals surface area contributed by atoms with Crippen molar-refractivity contribution in [2.24, 2.45) is 0 Å². The van der Waals surface area contributed by atoms with Crippen molar-refractivity contribution in [1.82, 2.24) is 10.2 Å². The van der Waals surface area contributed by atoms with Gasteiger partial charge < -0.3 is 14.8 Å². The summed E-state index contributed by atoms with van der Waals surface area (Å²) in [4.78, 5) is 14.7. The number of benzene rings is 1. The molecule has 0 bridgehead atoms. The minimum Gasteiger partial charge on any atom is -0.490 e. The molecule has 0 radical (unpaired) electrons. The molecular formula is C21H30F2N2O3. The lowest BCUT2D eigenvalue weighted by Crippen LogP contribution is -2.43. The van der Waals surface area contributed by atoms with Gasteiger partial charge in [-0.05, 0) is 50.3 Å². The highest BCUT2D eigenvalue weighted by Crippen LogP contribution is 2.32. The maximum atomic E-state index is 12.6. The van der Waals surface area contributed by atoms with Crippen molar-refractivity contribution in [2.45, 2.75) is 77.1 Å². The van der Waals surface area contributed by atoms with Gasteiger partial charge in [-0.15, -0.1) is 0 Å². The fraction of sp³-hybridized carbons (Fsp3) is 0.667. The monoisotopic (exact) mass is 396 g/mol. The SMILES string of the molecule is CCOc1cc(CN(CC(=O)NC2CCCCC2)C2CC2)ccc1OC(F)F. The van der Waals surface area contributed by atoms with E-state index in [9.17, 15) is 13.6 Å². The first-order valence-corrected chi connectivity index (χ1v) is 10.3. The number of alkyl halides is 2. The van der Waals surface area contributed by atoms with Crippen LogP contribution in [0.15, 0.2) is 18.2 Å². The molecule has 2 fully saturated rings. The maximum absolute atomic E-state index is 12.6. The van der Waals surface area contributed by atoms with Crippen molar-refractivity contribution in [3.63, 3.8) is 0 Å². The Hall–Kier alpha value is -1.89. The molecule has 0 spiro atoms. The van der Waals surface area contributed by atoms with Crippen molar-refractivity contribution in [1.29, 1.82) is 0 Å². The predicted octanol–water partition coefficient (Wildman–Crippen LogP) is 4.10. The third-order valence-corrected chi connectivity index (χ3v) is 5.29. The normalized spacial score (nSPS) is 17.8. The van der Waals surface area contributed by atoms with Crippen LogP contribution in [0.1, 0.15) is 57.4 Å². The number of nitrogens with one attached hydrogen (secondary N) is 1. The number of amides is 1. The van der Waals surface area contributed by atoms with Crippen LogP contribution in [0.4, 0.5) is 8.78 Å². The zero-order valence-electron chi connectivity index (χ0n) is 16.5. The van der Waals surface area contributed by atoms with Gasteiger partial charge in [-0.25, -0.2) is 0 Å². The van der Waals surface area contributed by atoms with Crippen LogP contribution >= 0.6 is 0 Å². The Labute approximate surface area is 165 Å². The van der Waals surface area contributed by atoms with Crippen LogP contribution in [0, 0.1) is 0 Å². The fourth-order valence-corrected chi connectivity index (χ4v) is 3.81. The Kier molecular flexibility index (Phi) is 7.48. The van der Waals surface area contributed by atoms with Crippen LogP contribution in [0.3, 0.4) is 0 Å². The molecule has 28 heavy (non-hydrogen) atoms. The number of carbonyl (C=O) groups excluding carboxylic acids is 1. The van der Waals surface area contributed by atoms with E-state index in [0.29, 0.717) is 37.5 Å². The summed E-state index contributed by atoms with van der Waals surface area (Å²) >= 11 is 0. The van der Waals surface area contributed by atoms with Crippen LogP contribution < -0.4 is 14.8 Å². The predicted molar refractivity (Wildman–Crippen MR) is 103 cm³/mol. The van der Waals surface area contributed by atoms with Crippen molar-refractivity contribution in [2.75, 3.05) is 13.2 Å². The zero-order valence-corrected chi connectivity index (χ0v) is 16.5. The van der Waals surface area contributed by atoms with Crippen LogP contribution in [0.5, 0.6) is 11.5 Å². The molecule has 0 aliphatic heterocycles. The molecule has 1 N–H and O–H groups in total. The van der Waals surface area contributed by atoms with E-state index in [1.807, 2.05) is 0 Å². The highest BCUT2D eigenvalue weighted by molar-refractivity contribution is 5.78. The van der Waals surface area contributed by atoms with Crippen LogP contribution in [-0.4, -0.2) is 42.7 Å². The average Bonchev–Trinajstić information content (AvgIpc) is 3.49. The molecule has 3 rings (SSSR count). The van der Waals surface area contributed by atoms with Gasteiger partial charge in [0.1, 0.15) is 0 Å². The Morgan fingerprint density at radius 2 is 1.93 bits per heavy atom. The van der Waals surface area contributed by atoms with Gasteiger partial charge in [-0.2, -0.15) is 8.78 Å². The number of carbonyl (C=O) groups is 1. The number of hydrogen-bond donors (Lipinski definition) is 1. The highest BCUT2D eigenvalue weighted by atomic mass is 19.3. The van der Waals surface area contributed by atoms with E-state index in [-0.39, 0.29) is 11.7 Å². The molecular weight excluding hydrogens is 366 g/mol. The van der Waals surface area contributed by atoms with Crippen molar-refractivity contribution < 1.29 is 23.0 Å². The van der Waals surface area contributed by atoms with E-state index in [0.717, 1.165) is 31.2 Å². The zero-order chi connectivity index (χ0) is 19.9. The first-order chi connectivity index (χ1) is 13.5. The maximum Gasteiger partial charge on any atom is 0.387 e. The molecule has 1 aromatic carbocycles. The molecule has 5 nitrogen and oxygen atoms in total. The summed E-state index contributed by atoms with van der Waals surface area (Å²) in [5.41, 5.74) is 0.919. The summed E-state index contributed by atoms with van der Waals surface area (Å²) in [6.07, 6.45) is 7.93. The third kappa shape index (κ3) is 6.33. The Morgan fingerprint density at radius 3 is 2.57 bits per heavy atom. The lowest BCUT2D eigenvalue weighted by atomic mass is 9.95. The van der Waals surface area contributed by atoms with Gasteiger partial charge in [0, 0.05) is 18.6 Å². The van der Waals surface area contributed by atoms with Crippen LogP contribution in [0.25, 0.3) is 0 Å². The molecule has 0 heterocycles. The first-order valence-electron chi connectivity index (χ1n) is 10.3. The van der Waals surface area contributed by atoms with Crippen molar-refractivity contribution >= 4 is 5.91 Å². The Bertz CT molecular complexity index is 647. The molecule has 7 heteroatoms. The lowest BCUT2D eigenvalue weighted by molar-refractivity contribution is -0.123. The van der Waals surface area contributed by atoms with E-state index in [4.69, 9.17) is 4.74 Å². The molecule has 2 aliphatic rings. The van der Waals surface area contributed by atoms with Gasteiger partial charge in [0.25, 0.3) is 0 Å². The lowest BCUT2D eigenvalue weighted by Gasteiger charge is -2.26. The van der Waals surface area contributed by atoms with Gasteiger partial charge in [0.05, 0.1) is 13.2 Å². The Balaban J connectivity index is 1.61. The smallest absolute Gasteiger partial charge is 0.387 e. The van der Waals surface area contributed by atoms with Gasteiger partial charge in [-0.1, -0.05) is 25.3 Å². The molecule has 2 aliphatic carbocycles. The quantitative estimate of drug-likeness (QED) is 0.647. The first kappa shape index (κ1) is 20.8. The number of halogens is 2. The fourth-order valence-electron chi connectivity index (χ4n) is 3.81. The van der Waals surface area contributed by atoms with Crippen LogP contribution in [0.2, 0.25) is 0 Å². The average molecular weight is 396 g/mol. The molecule has 1 amide bonds. The standard InChI is InChI=1S/C21H30F2N2O3/c1-2-27-19-12-15(8-11-18(19)28-21(22)23)13-25(17-9-10-17)14-20(26)24-16-6-4-3-5-7-16/h8,11-12,16-17,21H,2-7,9-10,13-14H2,1H3,(H,24,26). The molecule has 0 atom stereocenters.